The second-order valence-corrected chi connectivity index (χ2v) is 7.16. The summed E-state index contributed by atoms with van der Waals surface area (Å²) < 4.78 is 0. The third kappa shape index (κ3) is 5.25. The van der Waals surface area contributed by atoms with Crippen LogP contribution in [0.15, 0.2) is 29.3 Å². The number of nitrogens with one attached hydrogen (secondary N) is 2. The lowest BCUT2D eigenvalue weighted by molar-refractivity contribution is -0.118. The van der Waals surface area contributed by atoms with E-state index in [0.29, 0.717) is 13.0 Å². The van der Waals surface area contributed by atoms with Gasteiger partial charge >= 0.3 is 0 Å². The number of rotatable bonds is 5. The van der Waals surface area contributed by atoms with Gasteiger partial charge in [0, 0.05) is 37.3 Å². The quantitative estimate of drug-likeness (QED) is 0.496. The summed E-state index contributed by atoms with van der Waals surface area (Å²) in [5.74, 6) is 1.01. The van der Waals surface area contributed by atoms with Crippen LogP contribution in [0.25, 0.3) is 0 Å². The average Bonchev–Trinajstić information content (AvgIpc) is 2.94. The zero-order chi connectivity index (χ0) is 17.6. The lowest BCUT2D eigenvalue weighted by atomic mass is 10.1. The normalized spacial score (nSPS) is 14.5. The van der Waals surface area contributed by atoms with E-state index in [1.54, 1.807) is 0 Å². The van der Waals surface area contributed by atoms with Crippen molar-refractivity contribution in [2.75, 3.05) is 24.5 Å². The number of hydrogen-bond acceptors (Lipinski definition) is 2. The van der Waals surface area contributed by atoms with Crippen molar-refractivity contribution in [3.05, 3.63) is 29.8 Å². The van der Waals surface area contributed by atoms with Crippen LogP contribution >= 0.6 is 0 Å². The van der Waals surface area contributed by atoms with E-state index in [1.165, 1.54) is 5.56 Å². The molecule has 2 rings (SSSR count). The topological polar surface area (TPSA) is 56.7 Å². The third-order valence-electron chi connectivity index (χ3n) is 3.84. The van der Waals surface area contributed by atoms with Gasteiger partial charge in [-0.05, 0) is 52.2 Å². The monoisotopic (exact) mass is 330 g/mol. The van der Waals surface area contributed by atoms with E-state index in [-0.39, 0.29) is 11.4 Å². The molecule has 0 fully saturated rings. The highest BCUT2D eigenvalue weighted by atomic mass is 16.2. The molecule has 1 aliphatic heterocycles. The first-order valence-corrected chi connectivity index (χ1v) is 8.85. The molecule has 1 aliphatic rings. The summed E-state index contributed by atoms with van der Waals surface area (Å²) in [6.45, 7) is 10.6. The fraction of sp³-hybridized carbons (Fsp3) is 0.579. The molecule has 0 saturated carbocycles. The number of carbonyl (C=O) groups excluding carboxylic acids is 1. The summed E-state index contributed by atoms with van der Waals surface area (Å²) in [7, 11) is 0. The van der Waals surface area contributed by atoms with Crippen molar-refractivity contribution >= 4 is 17.6 Å². The second-order valence-electron chi connectivity index (χ2n) is 7.16. The summed E-state index contributed by atoms with van der Waals surface area (Å²) in [6, 6.07) is 8.17. The molecular weight excluding hydrogens is 300 g/mol. The van der Waals surface area contributed by atoms with Crippen molar-refractivity contribution in [1.29, 1.82) is 0 Å². The van der Waals surface area contributed by atoms with Gasteiger partial charge in [0.25, 0.3) is 0 Å². The molecule has 0 aliphatic carbocycles. The first-order chi connectivity index (χ1) is 11.4. The summed E-state index contributed by atoms with van der Waals surface area (Å²) >= 11 is 0. The first kappa shape index (κ1) is 18.3. The molecule has 0 aromatic heterocycles. The number of fused-ring (bicyclic) bond motifs is 1. The van der Waals surface area contributed by atoms with Crippen molar-refractivity contribution in [2.24, 2.45) is 4.99 Å². The Labute approximate surface area is 145 Å². The molecule has 0 saturated heterocycles. The fourth-order valence-electron chi connectivity index (χ4n) is 2.82. The molecule has 0 atom stereocenters. The van der Waals surface area contributed by atoms with Crippen LogP contribution in [0.1, 0.15) is 46.1 Å². The molecule has 0 spiro atoms. The van der Waals surface area contributed by atoms with E-state index in [0.717, 1.165) is 37.6 Å². The minimum atomic E-state index is -0.0317. The van der Waals surface area contributed by atoms with E-state index < -0.39 is 0 Å². The fourth-order valence-corrected chi connectivity index (χ4v) is 2.82. The number of amides is 1. The molecule has 0 bridgehead atoms. The van der Waals surface area contributed by atoms with E-state index in [1.807, 2.05) is 30.0 Å². The molecule has 24 heavy (non-hydrogen) atoms. The smallest absolute Gasteiger partial charge is 0.227 e. The Morgan fingerprint density at radius 3 is 2.75 bits per heavy atom. The molecule has 0 radical (unpaired) electrons. The Balaban J connectivity index is 1.83. The van der Waals surface area contributed by atoms with Crippen LogP contribution < -0.4 is 15.5 Å². The molecule has 5 nitrogen and oxygen atoms in total. The zero-order valence-corrected chi connectivity index (χ0v) is 15.4. The molecule has 5 heteroatoms. The summed E-state index contributed by atoms with van der Waals surface area (Å²) in [5.41, 5.74) is 2.32. The lowest BCUT2D eigenvalue weighted by Gasteiger charge is -2.23. The van der Waals surface area contributed by atoms with Gasteiger partial charge in [0.2, 0.25) is 5.91 Å². The molecule has 1 heterocycles. The van der Waals surface area contributed by atoms with Crippen LogP contribution in [0.3, 0.4) is 0 Å². The Morgan fingerprint density at radius 1 is 1.29 bits per heavy atom. The number of nitrogens with zero attached hydrogens (tertiary/aromatic N) is 2. The van der Waals surface area contributed by atoms with Crippen molar-refractivity contribution < 1.29 is 4.79 Å². The van der Waals surface area contributed by atoms with Crippen LogP contribution in [0, 0.1) is 0 Å². The highest BCUT2D eigenvalue weighted by Crippen LogP contribution is 2.27. The summed E-state index contributed by atoms with van der Waals surface area (Å²) in [6.07, 6.45) is 2.26. The third-order valence-corrected chi connectivity index (χ3v) is 3.84. The number of para-hydroxylation sites is 1. The Bertz CT molecular complexity index is 589. The van der Waals surface area contributed by atoms with Crippen LogP contribution in [-0.2, 0) is 11.2 Å². The highest BCUT2D eigenvalue weighted by molar-refractivity contribution is 5.95. The van der Waals surface area contributed by atoms with Gasteiger partial charge in [-0.1, -0.05) is 18.2 Å². The number of benzene rings is 1. The van der Waals surface area contributed by atoms with E-state index in [2.05, 4.69) is 42.5 Å². The van der Waals surface area contributed by atoms with Gasteiger partial charge < -0.3 is 15.5 Å². The lowest BCUT2D eigenvalue weighted by Crippen LogP contribution is -2.47. The SMILES string of the molecule is CCNC(=NCCCC(=O)N1CCc2ccccc21)NC(C)(C)C. The van der Waals surface area contributed by atoms with E-state index in [9.17, 15) is 4.79 Å². The molecule has 132 valence electrons. The van der Waals surface area contributed by atoms with Gasteiger partial charge in [-0.2, -0.15) is 0 Å². The van der Waals surface area contributed by atoms with Gasteiger partial charge in [0.1, 0.15) is 0 Å². The van der Waals surface area contributed by atoms with Gasteiger partial charge in [-0.15, -0.1) is 0 Å². The zero-order valence-electron chi connectivity index (χ0n) is 15.4. The molecule has 2 N–H and O–H groups in total. The van der Waals surface area contributed by atoms with E-state index in [4.69, 9.17) is 0 Å². The van der Waals surface area contributed by atoms with Gasteiger partial charge in [-0.25, -0.2) is 0 Å². The predicted molar refractivity (Wildman–Crippen MR) is 101 cm³/mol. The standard InChI is InChI=1S/C19H30N4O/c1-5-20-18(22-19(2,3)4)21-13-8-11-17(24)23-14-12-15-9-6-7-10-16(15)23/h6-7,9-10H,5,8,11-14H2,1-4H3,(H2,20,21,22). The maximum absolute atomic E-state index is 12.5. The van der Waals surface area contributed by atoms with E-state index >= 15 is 0 Å². The largest absolute Gasteiger partial charge is 0.357 e. The van der Waals surface area contributed by atoms with Crippen LogP contribution in [0.5, 0.6) is 0 Å². The van der Waals surface area contributed by atoms with Gasteiger partial charge in [0.15, 0.2) is 5.96 Å². The maximum atomic E-state index is 12.5. The Morgan fingerprint density at radius 2 is 2.04 bits per heavy atom. The van der Waals surface area contributed by atoms with Crippen molar-refractivity contribution in [3.63, 3.8) is 0 Å². The Hall–Kier alpha value is -2.04. The van der Waals surface area contributed by atoms with Gasteiger partial charge in [-0.3, -0.25) is 9.79 Å². The molecular formula is C19H30N4O. The van der Waals surface area contributed by atoms with Crippen LogP contribution in [-0.4, -0.2) is 37.0 Å². The average molecular weight is 330 g/mol. The molecule has 1 aromatic carbocycles. The number of guanidine groups is 1. The maximum Gasteiger partial charge on any atom is 0.227 e. The minimum absolute atomic E-state index is 0.0317. The molecule has 0 unspecified atom stereocenters. The van der Waals surface area contributed by atoms with Crippen molar-refractivity contribution in [1.82, 2.24) is 10.6 Å². The highest BCUT2D eigenvalue weighted by Gasteiger charge is 2.23. The number of aliphatic imine (C=N–C) groups is 1. The summed E-state index contributed by atoms with van der Waals surface area (Å²) in [5, 5.41) is 6.60. The first-order valence-electron chi connectivity index (χ1n) is 8.85. The number of hydrogen-bond donors (Lipinski definition) is 2. The predicted octanol–water partition coefficient (Wildman–Crippen LogP) is 2.71. The second kappa shape index (κ2) is 8.18. The van der Waals surface area contributed by atoms with Crippen LogP contribution in [0.4, 0.5) is 5.69 Å². The number of carbonyl (C=O) groups is 1. The van der Waals surface area contributed by atoms with Crippen molar-refractivity contribution in [3.8, 4) is 0 Å². The molecule has 1 aromatic rings. The van der Waals surface area contributed by atoms with Crippen LogP contribution in [0.2, 0.25) is 0 Å². The molecule has 1 amide bonds. The number of anilines is 1. The van der Waals surface area contributed by atoms with Crippen molar-refractivity contribution in [2.45, 2.75) is 52.5 Å². The summed E-state index contributed by atoms with van der Waals surface area (Å²) in [4.78, 5) is 18.9. The minimum Gasteiger partial charge on any atom is -0.357 e. The Kier molecular flexibility index (Phi) is 6.23. The van der Waals surface area contributed by atoms with Gasteiger partial charge in [0.05, 0.1) is 0 Å².